The molecule has 3 N–H and O–H groups in total. The summed E-state index contributed by atoms with van der Waals surface area (Å²) in [5.41, 5.74) is 6.98. The van der Waals surface area contributed by atoms with Gasteiger partial charge in [0.2, 0.25) is 5.91 Å². The fraction of sp³-hybridized carbons (Fsp3) is 0.533. The van der Waals surface area contributed by atoms with Crippen molar-refractivity contribution in [3.8, 4) is 0 Å². The van der Waals surface area contributed by atoms with Crippen LogP contribution in [0.5, 0.6) is 0 Å². The Hall–Kier alpha value is -2.15. The molecule has 0 bridgehead atoms. The average Bonchev–Trinajstić information content (AvgIpc) is 2.52. The maximum absolute atomic E-state index is 12.1. The van der Waals surface area contributed by atoms with Crippen molar-refractivity contribution < 1.29 is 9.72 Å². The molecule has 1 atom stereocenters. The fourth-order valence-electron chi connectivity index (χ4n) is 2.94. The monoisotopic (exact) mass is 306 g/mol. The lowest BCUT2D eigenvalue weighted by Crippen LogP contribution is -2.44. The largest absolute Gasteiger partial charge is 0.365 e. The molecule has 1 fully saturated rings. The Balaban J connectivity index is 2.19. The molecule has 0 aliphatic carbocycles. The molecule has 1 aromatic carbocycles. The van der Waals surface area contributed by atoms with E-state index in [0.717, 1.165) is 24.9 Å². The number of nitrogens with one attached hydrogen (secondary N) is 1. The van der Waals surface area contributed by atoms with E-state index in [1.54, 1.807) is 6.07 Å². The van der Waals surface area contributed by atoms with E-state index in [-0.39, 0.29) is 22.4 Å². The molecule has 1 unspecified atom stereocenters. The minimum atomic E-state index is -0.361. The van der Waals surface area contributed by atoms with Crippen LogP contribution in [0.2, 0.25) is 0 Å². The molecule has 1 aromatic rings. The van der Waals surface area contributed by atoms with Gasteiger partial charge in [-0.15, -0.1) is 0 Å². The van der Waals surface area contributed by atoms with E-state index in [1.807, 2.05) is 17.9 Å². The van der Waals surface area contributed by atoms with Crippen LogP contribution in [0.15, 0.2) is 18.2 Å². The number of benzene rings is 1. The van der Waals surface area contributed by atoms with Gasteiger partial charge in [0.15, 0.2) is 0 Å². The first-order chi connectivity index (χ1) is 10.5. The SMILES string of the molecule is Cc1cccc([N+](=O)[O-])c1N1CCCC(C(=O)NCCN)C1. The summed E-state index contributed by atoms with van der Waals surface area (Å²) in [5.74, 6) is -0.175. The number of hydrogen-bond donors (Lipinski definition) is 2. The Kier molecular flexibility index (Phi) is 5.32. The number of hydrogen-bond acceptors (Lipinski definition) is 5. The van der Waals surface area contributed by atoms with Crippen LogP contribution in [0.3, 0.4) is 0 Å². The van der Waals surface area contributed by atoms with E-state index in [2.05, 4.69) is 5.32 Å². The summed E-state index contributed by atoms with van der Waals surface area (Å²) in [6.07, 6.45) is 1.64. The first-order valence-electron chi connectivity index (χ1n) is 7.51. The van der Waals surface area contributed by atoms with Gasteiger partial charge in [-0.05, 0) is 25.3 Å². The van der Waals surface area contributed by atoms with Crippen molar-refractivity contribution in [2.45, 2.75) is 19.8 Å². The van der Waals surface area contributed by atoms with E-state index in [4.69, 9.17) is 5.73 Å². The van der Waals surface area contributed by atoms with Crippen LogP contribution in [-0.2, 0) is 4.79 Å². The third-order valence-corrected chi connectivity index (χ3v) is 3.97. The van der Waals surface area contributed by atoms with Crippen LogP contribution < -0.4 is 16.0 Å². The van der Waals surface area contributed by atoms with Crippen LogP contribution in [0.1, 0.15) is 18.4 Å². The van der Waals surface area contributed by atoms with Crippen molar-refractivity contribution in [1.29, 1.82) is 0 Å². The summed E-state index contributed by atoms with van der Waals surface area (Å²) in [6.45, 7) is 3.96. The average molecular weight is 306 g/mol. The first-order valence-corrected chi connectivity index (χ1v) is 7.51. The standard InChI is InChI=1S/C15H22N4O3/c1-11-4-2-6-13(19(21)22)14(11)18-9-3-5-12(10-18)15(20)17-8-7-16/h2,4,6,12H,3,5,7-10,16H2,1H3,(H,17,20). The van der Waals surface area contributed by atoms with Gasteiger partial charge in [-0.25, -0.2) is 0 Å². The number of carbonyl (C=O) groups excluding carboxylic acids is 1. The highest BCUT2D eigenvalue weighted by molar-refractivity contribution is 5.80. The third kappa shape index (κ3) is 3.54. The van der Waals surface area contributed by atoms with Crippen molar-refractivity contribution in [2.24, 2.45) is 11.7 Å². The number of para-hydroxylation sites is 1. The van der Waals surface area contributed by atoms with Crippen LogP contribution >= 0.6 is 0 Å². The van der Waals surface area contributed by atoms with Gasteiger partial charge in [0, 0.05) is 32.2 Å². The topological polar surface area (TPSA) is 102 Å². The van der Waals surface area contributed by atoms with E-state index in [9.17, 15) is 14.9 Å². The van der Waals surface area contributed by atoms with Crippen LogP contribution in [0, 0.1) is 23.0 Å². The molecule has 22 heavy (non-hydrogen) atoms. The maximum atomic E-state index is 12.1. The molecule has 0 saturated carbocycles. The molecule has 0 radical (unpaired) electrons. The van der Waals surface area contributed by atoms with Crippen molar-refractivity contribution in [2.75, 3.05) is 31.1 Å². The predicted octanol–water partition coefficient (Wildman–Crippen LogP) is 1.19. The Morgan fingerprint density at radius 3 is 3.00 bits per heavy atom. The normalized spacial score (nSPS) is 18.1. The minimum Gasteiger partial charge on any atom is -0.365 e. The van der Waals surface area contributed by atoms with Crippen LogP contribution in [-0.4, -0.2) is 37.0 Å². The molecular formula is C15H22N4O3. The zero-order valence-corrected chi connectivity index (χ0v) is 12.7. The molecule has 1 saturated heterocycles. The van der Waals surface area contributed by atoms with E-state index in [1.165, 1.54) is 6.07 Å². The minimum absolute atomic E-state index is 0.0219. The number of rotatable bonds is 5. The second kappa shape index (κ2) is 7.22. The first kappa shape index (κ1) is 16.2. The molecule has 2 rings (SSSR count). The van der Waals surface area contributed by atoms with Crippen LogP contribution in [0.4, 0.5) is 11.4 Å². The van der Waals surface area contributed by atoms with Gasteiger partial charge in [0.1, 0.15) is 5.69 Å². The third-order valence-electron chi connectivity index (χ3n) is 3.97. The molecule has 0 aromatic heterocycles. The number of nitrogens with zero attached hydrogens (tertiary/aromatic N) is 2. The predicted molar refractivity (Wildman–Crippen MR) is 84.8 cm³/mol. The zero-order valence-electron chi connectivity index (χ0n) is 12.7. The number of aryl methyl sites for hydroxylation is 1. The van der Waals surface area contributed by atoms with Gasteiger partial charge in [-0.2, -0.15) is 0 Å². The van der Waals surface area contributed by atoms with Gasteiger partial charge in [-0.1, -0.05) is 12.1 Å². The van der Waals surface area contributed by atoms with Crippen molar-refractivity contribution in [3.05, 3.63) is 33.9 Å². The Labute approximate surface area is 129 Å². The number of carbonyl (C=O) groups is 1. The van der Waals surface area contributed by atoms with Gasteiger partial charge in [0.05, 0.1) is 10.8 Å². The van der Waals surface area contributed by atoms with Gasteiger partial charge < -0.3 is 16.0 Å². The lowest BCUT2D eigenvalue weighted by atomic mass is 9.95. The number of nitrogens with two attached hydrogens (primary N) is 1. The highest BCUT2D eigenvalue weighted by Crippen LogP contribution is 2.34. The molecule has 1 aliphatic rings. The summed E-state index contributed by atoms with van der Waals surface area (Å²) >= 11 is 0. The molecule has 1 aliphatic heterocycles. The van der Waals surface area contributed by atoms with E-state index in [0.29, 0.717) is 25.3 Å². The quantitative estimate of drug-likeness (QED) is 0.628. The zero-order chi connectivity index (χ0) is 16.1. The van der Waals surface area contributed by atoms with E-state index >= 15 is 0 Å². The summed E-state index contributed by atoms with van der Waals surface area (Å²) in [6, 6.07) is 5.06. The molecule has 7 heteroatoms. The molecule has 120 valence electrons. The maximum Gasteiger partial charge on any atom is 0.292 e. The number of nitro benzene ring substituents is 1. The molecule has 7 nitrogen and oxygen atoms in total. The highest BCUT2D eigenvalue weighted by Gasteiger charge is 2.29. The summed E-state index contributed by atoms with van der Waals surface area (Å²) in [7, 11) is 0. The lowest BCUT2D eigenvalue weighted by molar-refractivity contribution is -0.384. The second-order valence-electron chi connectivity index (χ2n) is 5.56. The summed E-state index contributed by atoms with van der Waals surface area (Å²) < 4.78 is 0. The number of amides is 1. The van der Waals surface area contributed by atoms with E-state index < -0.39 is 0 Å². The van der Waals surface area contributed by atoms with Crippen molar-refractivity contribution >= 4 is 17.3 Å². The molecule has 0 spiro atoms. The lowest BCUT2D eigenvalue weighted by Gasteiger charge is -2.34. The molecular weight excluding hydrogens is 284 g/mol. The number of piperidine rings is 1. The summed E-state index contributed by atoms with van der Waals surface area (Å²) in [4.78, 5) is 25.0. The molecule has 1 heterocycles. The Bertz CT molecular complexity index is 562. The van der Waals surface area contributed by atoms with Crippen molar-refractivity contribution in [3.63, 3.8) is 0 Å². The Morgan fingerprint density at radius 1 is 1.55 bits per heavy atom. The number of nitro groups is 1. The Morgan fingerprint density at radius 2 is 2.32 bits per heavy atom. The number of anilines is 1. The van der Waals surface area contributed by atoms with Crippen molar-refractivity contribution in [1.82, 2.24) is 5.32 Å². The summed E-state index contributed by atoms with van der Waals surface area (Å²) in [5, 5.41) is 14.1. The van der Waals surface area contributed by atoms with Gasteiger partial charge in [0.25, 0.3) is 5.69 Å². The highest BCUT2D eigenvalue weighted by atomic mass is 16.6. The van der Waals surface area contributed by atoms with Crippen LogP contribution in [0.25, 0.3) is 0 Å². The van der Waals surface area contributed by atoms with Gasteiger partial charge >= 0.3 is 0 Å². The second-order valence-corrected chi connectivity index (χ2v) is 5.56. The fourth-order valence-corrected chi connectivity index (χ4v) is 2.94. The smallest absolute Gasteiger partial charge is 0.292 e. The molecule has 1 amide bonds. The van der Waals surface area contributed by atoms with Gasteiger partial charge in [-0.3, -0.25) is 14.9 Å².